The average Bonchev–Trinajstić information content (AvgIpc) is 3.27. The van der Waals surface area contributed by atoms with E-state index >= 15 is 0 Å². The number of allylic oxidation sites excluding steroid dienone is 1. The number of rotatable bonds is 4. The lowest BCUT2D eigenvalue weighted by atomic mass is 9.50. The quantitative estimate of drug-likeness (QED) is 0.697. The molecule has 164 valence electrons. The zero-order chi connectivity index (χ0) is 22.3. The maximum atomic E-state index is 12.9. The Morgan fingerprint density at radius 3 is 2.69 bits per heavy atom. The van der Waals surface area contributed by atoms with Gasteiger partial charge in [-0.05, 0) is 47.8 Å². The summed E-state index contributed by atoms with van der Waals surface area (Å²) in [7, 11) is 0. The Balaban J connectivity index is 1.61. The summed E-state index contributed by atoms with van der Waals surface area (Å²) in [5.74, 6) is 0.239. The molecule has 0 spiro atoms. The number of Topliss-reactive ketones (excluding diaryl/α,β-unsaturated/α-hetero) is 1. The Hall–Kier alpha value is -2.78. The molecular weight excluding hydrogens is 398 g/mol. The first-order chi connectivity index (χ1) is 15.6. The van der Waals surface area contributed by atoms with Crippen molar-refractivity contribution in [3.05, 3.63) is 82.9 Å². The van der Waals surface area contributed by atoms with Gasteiger partial charge in [-0.1, -0.05) is 67.6 Å². The smallest absolute Gasteiger partial charge is 0.176 e. The highest BCUT2D eigenvalue weighted by molar-refractivity contribution is 6.02. The molecule has 32 heavy (non-hydrogen) atoms. The van der Waals surface area contributed by atoms with Gasteiger partial charge in [0.15, 0.2) is 5.78 Å². The van der Waals surface area contributed by atoms with Gasteiger partial charge < -0.3 is 5.11 Å². The molecule has 2 aliphatic carbocycles. The maximum Gasteiger partial charge on any atom is 0.176 e. The number of aliphatic hydroxyl groups is 1. The minimum absolute atomic E-state index is 0.0262. The highest BCUT2D eigenvalue weighted by atomic mass is 16.3. The van der Waals surface area contributed by atoms with Crippen molar-refractivity contribution < 1.29 is 9.90 Å². The number of carbonyl (C=O) groups excluding carboxylic acids is 1. The van der Waals surface area contributed by atoms with Crippen LogP contribution in [0.5, 0.6) is 0 Å². The summed E-state index contributed by atoms with van der Waals surface area (Å²) in [6, 6.07) is 21.2. The fraction of sp³-hybridized carbons (Fsp3) is 0.407. The van der Waals surface area contributed by atoms with E-state index in [9.17, 15) is 15.2 Å². The standard InChI is InChI=1S/C27H29N3O2/c1-17-23-11-10-22-24(19-7-5-6-18(14-19)12-13-31)29-30-26(22)27(23,15-20(16-28)25(17)32)21-8-3-2-4-9-21/h2-9,14-15,17,22-24,26,29-31H,10-13H2,1H3/t17?,22?,23?,24?,26?,27-/m1/s1. The lowest BCUT2D eigenvalue weighted by Gasteiger charge is -2.53. The number of ketones is 1. The molecule has 1 saturated carbocycles. The molecule has 5 nitrogen and oxygen atoms in total. The topological polar surface area (TPSA) is 85.2 Å². The molecule has 1 aliphatic heterocycles. The van der Waals surface area contributed by atoms with Gasteiger partial charge in [0.1, 0.15) is 6.07 Å². The Morgan fingerprint density at radius 1 is 1.12 bits per heavy atom. The van der Waals surface area contributed by atoms with E-state index in [1.165, 1.54) is 5.56 Å². The molecule has 1 saturated heterocycles. The van der Waals surface area contributed by atoms with Crippen molar-refractivity contribution in [2.75, 3.05) is 6.61 Å². The summed E-state index contributed by atoms with van der Waals surface area (Å²) in [4.78, 5) is 12.9. The van der Waals surface area contributed by atoms with Gasteiger partial charge in [0.2, 0.25) is 0 Å². The minimum Gasteiger partial charge on any atom is -0.396 e. The minimum atomic E-state index is -0.424. The van der Waals surface area contributed by atoms with Crippen LogP contribution in [0.4, 0.5) is 0 Å². The van der Waals surface area contributed by atoms with Crippen LogP contribution in [-0.4, -0.2) is 23.5 Å². The summed E-state index contributed by atoms with van der Waals surface area (Å²) in [5, 5.41) is 19.1. The van der Waals surface area contributed by atoms with Crippen LogP contribution in [0.15, 0.2) is 66.2 Å². The van der Waals surface area contributed by atoms with Crippen molar-refractivity contribution in [2.24, 2.45) is 17.8 Å². The van der Waals surface area contributed by atoms with Gasteiger partial charge in [-0.3, -0.25) is 10.2 Å². The van der Waals surface area contributed by atoms with E-state index in [1.807, 2.05) is 31.2 Å². The summed E-state index contributed by atoms with van der Waals surface area (Å²) in [6.07, 6.45) is 4.57. The Labute approximate surface area is 189 Å². The van der Waals surface area contributed by atoms with Crippen LogP contribution in [0.3, 0.4) is 0 Å². The third kappa shape index (κ3) is 3.14. The van der Waals surface area contributed by atoms with E-state index in [0.717, 1.165) is 24.0 Å². The van der Waals surface area contributed by atoms with Crippen molar-refractivity contribution >= 4 is 5.78 Å². The normalized spacial score (nSPS) is 33.7. The number of aliphatic hydroxyl groups excluding tert-OH is 1. The van der Waals surface area contributed by atoms with E-state index in [2.05, 4.69) is 53.3 Å². The second kappa shape index (κ2) is 8.29. The number of carbonyl (C=O) groups is 1. The number of benzene rings is 2. The molecule has 0 bridgehead atoms. The number of hydrogen-bond acceptors (Lipinski definition) is 5. The molecule has 6 atom stereocenters. The molecule has 2 aromatic carbocycles. The maximum absolute atomic E-state index is 12.9. The molecule has 0 amide bonds. The summed E-state index contributed by atoms with van der Waals surface area (Å²) < 4.78 is 0. The largest absolute Gasteiger partial charge is 0.396 e. The fourth-order valence-electron chi connectivity index (χ4n) is 6.53. The van der Waals surface area contributed by atoms with Crippen molar-refractivity contribution in [1.29, 1.82) is 5.26 Å². The van der Waals surface area contributed by atoms with E-state index in [0.29, 0.717) is 12.3 Å². The van der Waals surface area contributed by atoms with Crippen LogP contribution in [0.2, 0.25) is 0 Å². The highest BCUT2D eigenvalue weighted by Gasteiger charge is 2.59. The fourth-order valence-corrected chi connectivity index (χ4v) is 6.53. The monoisotopic (exact) mass is 427 g/mol. The van der Waals surface area contributed by atoms with Crippen molar-refractivity contribution in [2.45, 2.75) is 43.7 Å². The highest BCUT2D eigenvalue weighted by Crippen LogP contribution is 2.56. The molecule has 2 aromatic rings. The molecular formula is C27H29N3O2. The molecule has 0 radical (unpaired) electrons. The van der Waals surface area contributed by atoms with E-state index < -0.39 is 5.41 Å². The first kappa shape index (κ1) is 21.1. The second-order valence-electron chi connectivity index (χ2n) is 9.43. The summed E-state index contributed by atoms with van der Waals surface area (Å²) in [5.41, 5.74) is 10.5. The Bertz CT molecular complexity index is 1090. The van der Waals surface area contributed by atoms with Crippen molar-refractivity contribution in [1.82, 2.24) is 10.9 Å². The first-order valence-corrected chi connectivity index (χ1v) is 11.5. The van der Waals surface area contributed by atoms with Crippen LogP contribution in [0.25, 0.3) is 0 Å². The van der Waals surface area contributed by atoms with Crippen molar-refractivity contribution in [3.63, 3.8) is 0 Å². The number of nitrogens with zero attached hydrogens (tertiary/aromatic N) is 1. The summed E-state index contributed by atoms with van der Waals surface area (Å²) in [6.45, 7) is 2.13. The van der Waals surface area contributed by atoms with Crippen LogP contribution in [0.1, 0.15) is 42.5 Å². The molecule has 5 heteroatoms. The molecule has 3 N–H and O–H groups in total. The molecule has 5 rings (SSSR count). The number of nitriles is 1. The van der Waals surface area contributed by atoms with Gasteiger partial charge >= 0.3 is 0 Å². The lowest BCUT2D eigenvalue weighted by molar-refractivity contribution is -0.122. The van der Waals surface area contributed by atoms with Gasteiger partial charge in [-0.2, -0.15) is 5.26 Å². The number of hydrogen-bond donors (Lipinski definition) is 3. The van der Waals surface area contributed by atoms with Crippen LogP contribution < -0.4 is 10.9 Å². The van der Waals surface area contributed by atoms with E-state index in [1.54, 1.807) is 0 Å². The summed E-state index contributed by atoms with van der Waals surface area (Å²) >= 11 is 0. The van der Waals surface area contributed by atoms with Gasteiger partial charge in [0.25, 0.3) is 0 Å². The zero-order valence-electron chi connectivity index (χ0n) is 18.3. The SMILES string of the molecule is CC1C(=O)C(C#N)=C[C@@]2(c3ccccc3)C1CCC1C(c3cccc(CCO)c3)NNC12. The van der Waals surface area contributed by atoms with Crippen LogP contribution in [-0.2, 0) is 16.6 Å². The van der Waals surface area contributed by atoms with Gasteiger partial charge in [-0.25, -0.2) is 5.43 Å². The number of nitrogens with one attached hydrogen (secondary N) is 2. The van der Waals surface area contributed by atoms with E-state index in [-0.39, 0.29) is 41.9 Å². The molecule has 2 fully saturated rings. The van der Waals surface area contributed by atoms with Crippen LogP contribution >= 0.6 is 0 Å². The van der Waals surface area contributed by atoms with Crippen LogP contribution in [0, 0.1) is 29.1 Å². The first-order valence-electron chi connectivity index (χ1n) is 11.5. The van der Waals surface area contributed by atoms with Gasteiger partial charge in [0, 0.05) is 24.0 Å². The third-order valence-corrected chi connectivity index (χ3v) is 7.96. The Kier molecular flexibility index (Phi) is 5.46. The predicted molar refractivity (Wildman–Crippen MR) is 122 cm³/mol. The number of hydrazine groups is 1. The Morgan fingerprint density at radius 2 is 1.94 bits per heavy atom. The molecule has 3 aliphatic rings. The molecule has 0 aromatic heterocycles. The second-order valence-corrected chi connectivity index (χ2v) is 9.43. The molecule has 1 heterocycles. The average molecular weight is 428 g/mol. The zero-order valence-corrected chi connectivity index (χ0v) is 18.3. The molecule has 5 unspecified atom stereocenters. The van der Waals surface area contributed by atoms with E-state index in [4.69, 9.17) is 0 Å². The van der Waals surface area contributed by atoms with Crippen molar-refractivity contribution in [3.8, 4) is 6.07 Å². The van der Waals surface area contributed by atoms with Gasteiger partial charge in [0.05, 0.1) is 11.6 Å². The number of fused-ring (bicyclic) bond motifs is 3. The lowest BCUT2D eigenvalue weighted by Crippen LogP contribution is -2.59. The van der Waals surface area contributed by atoms with Gasteiger partial charge in [-0.15, -0.1) is 0 Å². The predicted octanol–water partition coefficient (Wildman–Crippen LogP) is 3.37. The third-order valence-electron chi connectivity index (χ3n) is 7.96.